The third kappa shape index (κ3) is 3.67. The molecule has 0 amide bonds. The molecule has 0 aliphatic heterocycles. The fraction of sp³-hybridized carbons (Fsp3) is 0.333. The van der Waals surface area contributed by atoms with Gasteiger partial charge in [-0.1, -0.05) is 42.5 Å². The lowest BCUT2D eigenvalue weighted by atomic mass is 10.2. The van der Waals surface area contributed by atoms with Gasteiger partial charge in [0.05, 0.1) is 4.90 Å². The zero-order chi connectivity index (χ0) is 16.4. The molecule has 122 valence electrons. The van der Waals surface area contributed by atoms with Gasteiger partial charge in [0.15, 0.2) is 0 Å². The molecule has 0 radical (unpaired) electrons. The molecule has 1 fully saturated rings. The second-order valence-electron chi connectivity index (χ2n) is 6.04. The number of halogens is 1. The van der Waals surface area contributed by atoms with Crippen LogP contribution in [-0.2, 0) is 16.6 Å². The summed E-state index contributed by atoms with van der Waals surface area (Å²) < 4.78 is 28.7. The van der Waals surface area contributed by atoms with Crippen molar-refractivity contribution in [2.75, 3.05) is 0 Å². The van der Waals surface area contributed by atoms with E-state index in [1.165, 1.54) is 0 Å². The highest BCUT2D eigenvalue weighted by molar-refractivity contribution is 9.10. The van der Waals surface area contributed by atoms with E-state index in [9.17, 15) is 8.42 Å². The van der Waals surface area contributed by atoms with Crippen LogP contribution in [0.1, 0.15) is 25.3 Å². The summed E-state index contributed by atoms with van der Waals surface area (Å²) in [6, 6.07) is 16.8. The number of nitrogens with zero attached hydrogens (tertiary/aromatic N) is 1. The molecular formula is C18H20BrNO2S. The lowest BCUT2D eigenvalue weighted by molar-refractivity contribution is 0.303. The van der Waals surface area contributed by atoms with E-state index in [1.807, 2.05) is 43.3 Å². The lowest BCUT2D eigenvalue weighted by Gasteiger charge is -2.29. The van der Waals surface area contributed by atoms with Gasteiger partial charge in [-0.3, -0.25) is 0 Å². The third-order valence-electron chi connectivity index (χ3n) is 4.36. The Morgan fingerprint density at radius 2 is 1.70 bits per heavy atom. The van der Waals surface area contributed by atoms with E-state index >= 15 is 0 Å². The van der Waals surface area contributed by atoms with Crippen molar-refractivity contribution in [2.24, 2.45) is 5.92 Å². The van der Waals surface area contributed by atoms with Crippen molar-refractivity contribution in [3.63, 3.8) is 0 Å². The Labute approximate surface area is 146 Å². The third-order valence-corrected chi connectivity index (χ3v) is 7.31. The van der Waals surface area contributed by atoms with E-state index < -0.39 is 10.0 Å². The zero-order valence-electron chi connectivity index (χ0n) is 13.0. The van der Waals surface area contributed by atoms with Crippen LogP contribution in [-0.4, -0.2) is 18.8 Å². The molecule has 0 N–H and O–H groups in total. The number of sulfonamides is 1. The first-order chi connectivity index (χ1) is 11.0. The van der Waals surface area contributed by atoms with Crippen LogP contribution in [0.15, 0.2) is 64.0 Å². The topological polar surface area (TPSA) is 37.4 Å². The Bertz CT molecular complexity index is 773. The van der Waals surface area contributed by atoms with Crippen molar-refractivity contribution in [3.05, 3.63) is 64.6 Å². The number of benzene rings is 2. The summed E-state index contributed by atoms with van der Waals surface area (Å²) in [6.45, 7) is 2.43. The Kier molecular flexibility index (Phi) is 4.90. The van der Waals surface area contributed by atoms with Crippen LogP contribution < -0.4 is 0 Å². The molecule has 3 nitrogen and oxygen atoms in total. The minimum Gasteiger partial charge on any atom is -0.207 e. The average Bonchev–Trinajstić information content (AvgIpc) is 3.38. The van der Waals surface area contributed by atoms with Crippen molar-refractivity contribution in [3.8, 4) is 0 Å². The van der Waals surface area contributed by atoms with Gasteiger partial charge >= 0.3 is 0 Å². The van der Waals surface area contributed by atoms with Crippen LogP contribution >= 0.6 is 15.9 Å². The van der Waals surface area contributed by atoms with E-state index in [1.54, 1.807) is 22.5 Å². The van der Waals surface area contributed by atoms with Gasteiger partial charge in [-0.2, -0.15) is 4.31 Å². The van der Waals surface area contributed by atoms with E-state index in [4.69, 9.17) is 0 Å². The van der Waals surface area contributed by atoms with E-state index in [0.717, 1.165) is 18.4 Å². The highest BCUT2D eigenvalue weighted by atomic mass is 79.9. The van der Waals surface area contributed by atoms with Gasteiger partial charge in [-0.25, -0.2) is 8.42 Å². The van der Waals surface area contributed by atoms with Crippen LogP contribution in [0.4, 0.5) is 0 Å². The molecule has 0 spiro atoms. The standard InChI is InChI=1S/C18H20BrNO2S/c1-14(16-11-12-16)20(13-15-7-3-2-4-8-15)23(21,22)18-10-6-5-9-17(18)19/h2-10,14,16H,11-13H2,1H3/t14-/m1/s1. The first-order valence-corrected chi connectivity index (χ1v) is 10.0. The van der Waals surface area contributed by atoms with Crippen molar-refractivity contribution in [1.29, 1.82) is 0 Å². The molecule has 2 aromatic carbocycles. The van der Waals surface area contributed by atoms with Gasteiger partial charge in [0, 0.05) is 17.1 Å². The Balaban J connectivity index is 1.98. The Morgan fingerprint density at radius 1 is 1.09 bits per heavy atom. The van der Waals surface area contributed by atoms with Gasteiger partial charge in [-0.05, 0) is 59.3 Å². The van der Waals surface area contributed by atoms with Gasteiger partial charge in [-0.15, -0.1) is 0 Å². The van der Waals surface area contributed by atoms with Crippen LogP contribution in [0.5, 0.6) is 0 Å². The molecule has 0 saturated heterocycles. The van der Waals surface area contributed by atoms with Crippen molar-refractivity contribution in [1.82, 2.24) is 4.31 Å². The van der Waals surface area contributed by atoms with Crippen LogP contribution in [0.2, 0.25) is 0 Å². The van der Waals surface area contributed by atoms with Crippen molar-refractivity contribution >= 4 is 26.0 Å². The lowest BCUT2D eigenvalue weighted by Crippen LogP contribution is -2.39. The van der Waals surface area contributed by atoms with Crippen molar-refractivity contribution < 1.29 is 8.42 Å². The van der Waals surface area contributed by atoms with Crippen LogP contribution in [0.25, 0.3) is 0 Å². The molecule has 0 bridgehead atoms. The first-order valence-electron chi connectivity index (χ1n) is 7.80. The molecule has 1 aliphatic rings. The SMILES string of the molecule is C[C@H](C1CC1)N(Cc1ccccc1)S(=O)(=O)c1ccccc1Br. The maximum atomic E-state index is 13.2. The fourth-order valence-corrected chi connectivity index (χ4v) is 5.45. The highest BCUT2D eigenvalue weighted by Crippen LogP contribution is 2.38. The number of hydrogen-bond donors (Lipinski definition) is 0. The van der Waals surface area contributed by atoms with Gasteiger partial charge < -0.3 is 0 Å². The molecule has 0 unspecified atom stereocenters. The summed E-state index contributed by atoms with van der Waals surface area (Å²) in [4.78, 5) is 0.337. The molecule has 1 saturated carbocycles. The minimum atomic E-state index is -3.55. The van der Waals surface area contributed by atoms with Crippen molar-refractivity contribution in [2.45, 2.75) is 37.2 Å². The fourth-order valence-electron chi connectivity index (χ4n) is 2.81. The summed E-state index contributed by atoms with van der Waals surface area (Å²) in [5.41, 5.74) is 1.01. The molecule has 0 heterocycles. The second kappa shape index (κ2) is 6.75. The zero-order valence-corrected chi connectivity index (χ0v) is 15.4. The van der Waals surface area contributed by atoms with E-state index in [-0.39, 0.29) is 6.04 Å². The maximum Gasteiger partial charge on any atom is 0.244 e. The maximum absolute atomic E-state index is 13.2. The van der Waals surface area contributed by atoms with E-state index in [2.05, 4.69) is 15.9 Å². The summed E-state index contributed by atoms with van der Waals surface area (Å²) in [7, 11) is -3.55. The average molecular weight is 394 g/mol. The van der Waals surface area contributed by atoms with Gasteiger partial charge in [0.2, 0.25) is 10.0 Å². The summed E-state index contributed by atoms with van der Waals surface area (Å²) in [5, 5.41) is 0. The molecular weight excluding hydrogens is 374 g/mol. The normalized spacial score (nSPS) is 16.5. The van der Waals surface area contributed by atoms with Crippen LogP contribution in [0.3, 0.4) is 0 Å². The molecule has 3 rings (SSSR count). The minimum absolute atomic E-state index is 0.00677. The monoisotopic (exact) mass is 393 g/mol. The van der Waals surface area contributed by atoms with Crippen LogP contribution in [0, 0.1) is 5.92 Å². The molecule has 1 aliphatic carbocycles. The van der Waals surface area contributed by atoms with Gasteiger partial charge in [0.1, 0.15) is 0 Å². The summed E-state index contributed by atoms with van der Waals surface area (Å²) in [5.74, 6) is 0.468. The first kappa shape index (κ1) is 16.7. The van der Waals surface area contributed by atoms with Gasteiger partial charge in [0.25, 0.3) is 0 Å². The molecule has 2 aromatic rings. The predicted octanol–water partition coefficient (Wildman–Crippen LogP) is 4.44. The smallest absolute Gasteiger partial charge is 0.207 e. The predicted molar refractivity (Wildman–Crippen MR) is 95.5 cm³/mol. The quantitative estimate of drug-likeness (QED) is 0.727. The number of hydrogen-bond acceptors (Lipinski definition) is 2. The molecule has 1 atom stereocenters. The number of rotatable bonds is 6. The largest absolute Gasteiger partial charge is 0.244 e. The molecule has 23 heavy (non-hydrogen) atoms. The summed E-state index contributed by atoms with van der Waals surface area (Å²) >= 11 is 3.38. The second-order valence-corrected chi connectivity index (χ2v) is 8.76. The highest BCUT2D eigenvalue weighted by Gasteiger charge is 2.38. The Morgan fingerprint density at radius 3 is 2.30 bits per heavy atom. The Hall–Kier alpha value is -1.17. The summed E-state index contributed by atoms with van der Waals surface area (Å²) in [6.07, 6.45) is 2.22. The van der Waals surface area contributed by atoms with E-state index in [0.29, 0.717) is 21.8 Å². The molecule has 5 heteroatoms. The molecule has 0 aromatic heterocycles.